The highest BCUT2D eigenvalue weighted by molar-refractivity contribution is 8.00. The zero-order chi connectivity index (χ0) is 13.7. The van der Waals surface area contributed by atoms with Gasteiger partial charge in [-0.05, 0) is 13.0 Å². The number of hydrogen-bond acceptors (Lipinski definition) is 5. The lowest BCUT2D eigenvalue weighted by atomic mass is 10.2. The largest absolute Gasteiger partial charge is 0.465 e. The summed E-state index contributed by atoms with van der Waals surface area (Å²) in [5, 5.41) is 10.0. The molecule has 1 aromatic carbocycles. The van der Waals surface area contributed by atoms with Gasteiger partial charge in [0.25, 0.3) is 0 Å². The summed E-state index contributed by atoms with van der Waals surface area (Å²) in [4.78, 5) is 16.4. The maximum Gasteiger partial charge on any atom is 0.316 e. The Kier molecular flexibility index (Phi) is 4.37. The minimum Gasteiger partial charge on any atom is -0.465 e. The first kappa shape index (κ1) is 13.4. The number of carbonyl (C=O) groups is 1. The first-order valence-corrected chi connectivity index (χ1v) is 6.81. The Labute approximate surface area is 115 Å². The van der Waals surface area contributed by atoms with E-state index in [-0.39, 0.29) is 11.7 Å². The molecule has 0 unspecified atom stereocenters. The molecule has 1 aromatic heterocycles. The Balaban J connectivity index is 2.34. The van der Waals surface area contributed by atoms with Gasteiger partial charge in [0.05, 0.1) is 23.4 Å². The lowest BCUT2D eigenvalue weighted by Gasteiger charge is -2.07. The van der Waals surface area contributed by atoms with Crippen LogP contribution < -0.4 is 0 Å². The van der Waals surface area contributed by atoms with E-state index in [2.05, 4.69) is 11.1 Å². The predicted octanol–water partition coefficient (Wildman–Crippen LogP) is 2.76. The van der Waals surface area contributed by atoms with E-state index in [1.165, 1.54) is 18.0 Å². The standard InChI is InChI=1S/C14H12N2O2S/c1-2-18-13(17)9-19-14-10(7-15)8-16-12-6-4-3-5-11(12)14/h3-6,8H,2,9H2,1H3. The van der Waals surface area contributed by atoms with Crippen LogP contribution in [0.4, 0.5) is 0 Å². The Bertz CT molecular complexity index is 649. The van der Waals surface area contributed by atoms with Gasteiger partial charge in [-0.3, -0.25) is 9.78 Å². The molecule has 4 nitrogen and oxygen atoms in total. The molecule has 19 heavy (non-hydrogen) atoms. The number of hydrogen-bond donors (Lipinski definition) is 0. The highest BCUT2D eigenvalue weighted by atomic mass is 32.2. The van der Waals surface area contributed by atoms with Crippen LogP contribution in [0.1, 0.15) is 12.5 Å². The normalized spacial score (nSPS) is 10.1. The topological polar surface area (TPSA) is 63.0 Å². The average molecular weight is 272 g/mol. The summed E-state index contributed by atoms with van der Waals surface area (Å²) in [6, 6.07) is 9.67. The molecule has 0 bridgehead atoms. The Morgan fingerprint density at radius 2 is 2.26 bits per heavy atom. The summed E-state index contributed by atoms with van der Waals surface area (Å²) in [5.74, 6) is -0.0893. The number of pyridine rings is 1. The van der Waals surface area contributed by atoms with Crippen molar-refractivity contribution in [3.8, 4) is 6.07 Å². The third-order valence-electron chi connectivity index (χ3n) is 2.49. The summed E-state index contributed by atoms with van der Waals surface area (Å²) in [6.07, 6.45) is 1.54. The van der Waals surface area contributed by atoms with Crippen molar-refractivity contribution < 1.29 is 9.53 Å². The summed E-state index contributed by atoms with van der Waals surface area (Å²) >= 11 is 1.31. The molecule has 5 heteroatoms. The van der Waals surface area contributed by atoms with Crippen LogP contribution in [0.5, 0.6) is 0 Å². The fourth-order valence-electron chi connectivity index (χ4n) is 1.68. The summed E-state index contributed by atoms with van der Waals surface area (Å²) in [7, 11) is 0. The molecule has 0 spiro atoms. The maximum absolute atomic E-state index is 11.4. The molecule has 2 rings (SSSR count). The number of aromatic nitrogens is 1. The molecule has 1 heterocycles. The maximum atomic E-state index is 11.4. The number of para-hydroxylation sites is 1. The third kappa shape index (κ3) is 3.04. The molecule has 96 valence electrons. The van der Waals surface area contributed by atoms with Gasteiger partial charge >= 0.3 is 5.97 Å². The van der Waals surface area contributed by atoms with E-state index in [1.807, 2.05) is 24.3 Å². The number of thioether (sulfide) groups is 1. The molecule has 0 saturated carbocycles. The van der Waals surface area contributed by atoms with Crippen LogP contribution in [-0.2, 0) is 9.53 Å². The molecule has 0 amide bonds. The van der Waals surface area contributed by atoms with E-state index in [1.54, 1.807) is 6.92 Å². The summed E-state index contributed by atoms with van der Waals surface area (Å²) in [6.45, 7) is 2.13. The zero-order valence-corrected chi connectivity index (χ0v) is 11.2. The number of ether oxygens (including phenoxy) is 1. The second-order valence-electron chi connectivity index (χ2n) is 3.72. The van der Waals surface area contributed by atoms with Crippen molar-refractivity contribution in [2.45, 2.75) is 11.8 Å². The van der Waals surface area contributed by atoms with Crippen LogP contribution in [0.15, 0.2) is 35.4 Å². The van der Waals surface area contributed by atoms with Gasteiger partial charge in [0.1, 0.15) is 6.07 Å². The molecule has 0 saturated heterocycles. The number of rotatable bonds is 4. The monoisotopic (exact) mass is 272 g/mol. The fraction of sp³-hybridized carbons (Fsp3) is 0.214. The molecule has 0 fully saturated rings. The molecule has 2 aromatic rings. The number of esters is 1. The second-order valence-corrected chi connectivity index (χ2v) is 4.71. The van der Waals surface area contributed by atoms with E-state index >= 15 is 0 Å². The molecular formula is C14H12N2O2S. The van der Waals surface area contributed by atoms with Crippen LogP contribution >= 0.6 is 11.8 Å². The van der Waals surface area contributed by atoms with Gasteiger partial charge in [0.2, 0.25) is 0 Å². The lowest BCUT2D eigenvalue weighted by Crippen LogP contribution is -2.06. The SMILES string of the molecule is CCOC(=O)CSc1c(C#N)cnc2ccccc12. The smallest absolute Gasteiger partial charge is 0.316 e. The van der Waals surface area contributed by atoms with Crippen LogP contribution in [0.25, 0.3) is 10.9 Å². The van der Waals surface area contributed by atoms with Crippen LogP contribution in [0, 0.1) is 11.3 Å². The molecule has 0 radical (unpaired) electrons. The zero-order valence-electron chi connectivity index (χ0n) is 10.4. The van der Waals surface area contributed by atoms with Crippen LogP contribution in [-0.4, -0.2) is 23.3 Å². The van der Waals surface area contributed by atoms with Gasteiger partial charge in [-0.25, -0.2) is 0 Å². The van der Waals surface area contributed by atoms with Crippen molar-refractivity contribution in [3.05, 3.63) is 36.0 Å². The van der Waals surface area contributed by atoms with E-state index in [0.29, 0.717) is 12.2 Å². The quantitative estimate of drug-likeness (QED) is 0.632. The van der Waals surface area contributed by atoms with Crippen molar-refractivity contribution in [2.24, 2.45) is 0 Å². The number of carbonyl (C=O) groups excluding carboxylic acids is 1. The lowest BCUT2D eigenvalue weighted by molar-refractivity contribution is -0.139. The number of nitriles is 1. The van der Waals surface area contributed by atoms with Crippen molar-refractivity contribution in [2.75, 3.05) is 12.4 Å². The van der Waals surface area contributed by atoms with E-state index in [9.17, 15) is 4.79 Å². The van der Waals surface area contributed by atoms with Gasteiger partial charge in [-0.2, -0.15) is 5.26 Å². The van der Waals surface area contributed by atoms with Crippen molar-refractivity contribution in [1.82, 2.24) is 4.98 Å². The number of benzene rings is 1. The van der Waals surface area contributed by atoms with Gasteiger partial charge in [-0.15, -0.1) is 11.8 Å². The van der Waals surface area contributed by atoms with E-state index < -0.39 is 0 Å². The van der Waals surface area contributed by atoms with E-state index in [4.69, 9.17) is 10.00 Å². The molecule has 0 atom stereocenters. The first-order chi connectivity index (χ1) is 9.26. The van der Waals surface area contributed by atoms with Gasteiger partial charge in [-0.1, -0.05) is 18.2 Å². The Morgan fingerprint density at radius 3 is 3.00 bits per heavy atom. The number of fused-ring (bicyclic) bond motifs is 1. The Morgan fingerprint density at radius 1 is 1.47 bits per heavy atom. The molecule has 0 N–H and O–H groups in total. The van der Waals surface area contributed by atoms with Gasteiger partial charge < -0.3 is 4.74 Å². The van der Waals surface area contributed by atoms with Crippen LogP contribution in [0.2, 0.25) is 0 Å². The molecule has 0 aliphatic carbocycles. The molecule has 0 aliphatic heterocycles. The highest BCUT2D eigenvalue weighted by Crippen LogP contribution is 2.29. The molecule has 0 aliphatic rings. The van der Waals surface area contributed by atoms with Crippen LogP contribution in [0.3, 0.4) is 0 Å². The molecular weight excluding hydrogens is 260 g/mol. The summed E-state index contributed by atoms with van der Waals surface area (Å²) < 4.78 is 4.89. The Hall–Kier alpha value is -2.06. The predicted molar refractivity (Wildman–Crippen MR) is 73.8 cm³/mol. The highest BCUT2D eigenvalue weighted by Gasteiger charge is 2.11. The third-order valence-corrected chi connectivity index (χ3v) is 3.59. The van der Waals surface area contributed by atoms with Crippen molar-refractivity contribution >= 4 is 28.6 Å². The van der Waals surface area contributed by atoms with Gasteiger partial charge in [0, 0.05) is 16.5 Å². The first-order valence-electron chi connectivity index (χ1n) is 5.82. The minimum absolute atomic E-state index is 0.191. The number of nitrogens with zero attached hydrogens (tertiary/aromatic N) is 2. The summed E-state index contributed by atoms with van der Waals surface area (Å²) in [5.41, 5.74) is 1.29. The second kappa shape index (κ2) is 6.21. The average Bonchev–Trinajstić information content (AvgIpc) is 2.44. The van der Waals surface area contributed by atoms with E-state index in [0.717, 1.165) is 15.8 Å². The fourth-order valence-corrected chi connectivity index (χ4v) is 2.61. The van der Waals surface area contributed by atoms with Crippen molar-refractivity contribution in [1.29, 1.82) is 5.26 Å². The van der Waals surface area contributed by atoms with Gasteiger partial charge in [0.15, 0.2) is 0 Å². The van der Waals surface area contributed by atoms with Crippen molar-refractivity contribution in [3.63, 3.8) is 0 Å². The minimum atomic E-state index is -0.280.